The van der Waals surface area contributed by atoms with Gasteiger partial charge in [0.05, 0.1) is 6.21 Å². The minimum atomic E-state index is -5.62. The fourth-order valence-electron chi connectivity index (χ4n) is 1.74. The molecule has 10 heteroatoms. The molecule has 0 bridgehead atoms. The van der Waals surface area contributed by atoms with E-state index in [9.17, 15) is 35.8 Å². The molecule has 0 aliphatic carbocycles. The maximum Gasteiger partial charge on any atom is 0.422 e. The lowest BCUT2D eigenvalue weighted by Gasteiger charge is -2.13. The number of hydrogen-bond acceptors (Lipinski definition) is 3. The number of alkyl halides is 3. The number of hydrazone groups is 1. The van der Waals surface area contributed by atoms with Gasteiger partial charge in [0, 0.05) is 5.56 Å². The van der Waals surface area contributed by atoms with E-state index in [2.05, 4.69) is 5.10 Å². The number of rotatable bonds is 3. The number of para-hydroxylation sites is 1. The van der Waals surface area contributed by atoms with Gasteiger partial charge < -0.3 is 5.11 Å². The van der Waals surface area contributed by atoms with E-state index in [4.69, 9.17) is 0 Å². The van der Waals surface area contributed by atoms with Gasteiger partial charge >= 0.3 is 6.18 Å². The Morgan fingerprint density at radius 3 is 1.96 bits per heavy atom. The van der Waals surface area contributed by atoms with Crippen molar-refractivity contribution >= 4 is 11.9 Å². The maximum atomic E-state index is 13.6. The summed E-state index contributed by atoms with van der Waals surface area (Å²) < 4.78 is 91.2. The van der Waals surface area contributed by atoms with Crippen molar-refractivity contribution in [3.8, 4) is 5.75 Å². The van der Waals surface area contributed by atoms with Crippen LogP contribution in [0.4, 0.5) is 36.4 Å². The summed E-state index contributed by atoms with van der Waals surface area (Å²) in [4.78, 5) is 0. The van der Waals surface area contributed by atoms with Gasteiger partial charge in [-0.15, -0.1) is 0 Å². The van der Waals surface area contributed by atoms with Gasteiger partial charge in [-0.1, -0.05) is 12.1 Å². The van der Waals surface area contributed by atoms with Gasteiger partial charge in [0.25, 0.3) is 0 Å². The summed E-state index contributed by atoms with van der Waals surface area (Å²) in [5.41, 5.74) is -2.55. The number of phenols is 1. The third-order valence-corrected chi connectivity index (χ3v) is 2.86. The predicted octanol–water partition coefficient (Wildman–Crippen LogP) is 4.41. The van der Waals surface area contributed by atoms with E-state index in [-0.39, 0.29) is 11.3 Å². The van der Waals surface area contributed by atoms with Crippen molar-refractivity contribution in [2.24, 2.45) is 5.10 Å². The van der Waals surface area contributed by atoms with E-state index in [0.29, 0.717) is 0 Å². The highest BCUT2D eigenvalue weighted by Crippen LogP contribution is 2.38. The van der Waals surface area contributed by atoms with Crippen molar-refractivity contribution in [1.29, 1.82) is 0 Å². The smallest absolute Gasteiger partial charge is 0.422 e. The zero-order valence-corrected chi connectivity index (χ0v) is 11.4. The summed E-state index contributed by atoms with van der Waals surface area (Å²) in [5.74, 6) is -10.0. The Bertz CT molecular complexity index is 773. The van der Waals surface area contributed by atoms with Crippen LogP contribution >= 0.6 is 0 Å². The summed E-state index contributed by atoms with van der Waals surface area (Å²) in [6.45, 7) is 0. The molecule has 0 aromatic heterocycles. The molecule has 0 saturated carbocycles. The Labute approximate surface area is 130 Å². The highest BCUT2D eigenvalue weighted by molar-refractivity contribution is 5.83. The van der Waals surface area contributed by atoms with Gasteiger partial charge in [0.2, 0.25) is 0 Å². The molecule has 2 N–H and O–H groups in total. The van der Waals surface area contributed by atoms with E-state index in [1.165, 1.54) is 24.3 Å². The molecule has 0 radical (unpaired) electrons. The largest absolute Gasteiger partial charge is 0.507 e. The Balaban J connectivity index is 2.41. The molecule has 0 spiro atoms. The first-order valence-electron chi connectivity index (χ1n) is 6.14. The fraction of sp³-hybridized carbons (Fsp3) is 0.0714. The molecule has 0 amide bonds. The number of anilines is 1. The average molecular weight is 352 g/mol. The normalized spacial score (nSPS) is 12.0. The predicted molar refractivity (Wildman–Crippen MR) is 70.6 cm³/mol. The number of phenolic OH excluding ortho intramolecular Hbond substituents is 1. The summed E-state index contributed by atoms with van der Waals surface area (Å²) in [6.07, 6.45) is -4.77. The lowest BCUT2D eigenvalue weighted by molar-refractivity contribution is -0.143. The summed E-state index contributed by atoms with van der Waals surface area (Å²) in [5, 5.41) is 12.7. The van der Waals surface area contributed by atoms with Crippen LogP contribution in [0.25, 0.3) is 0 Å². The number of nitrogens with zero attached hydrogens (tertiary/aromatic N) is 1. The first-order valence-corrected chi connectivity index (χ1v) is 6.14. The van der Waals surface area contributed by atoms with Crippen LogP contribution in [0.15, 0.2) is 29.4 Å². The highest BCUT2D eigenvalue weighted by atomic mass is 19.4. The number of nitrogens with one attached hydrogen (secondary N) is 1. The Morgan fingerprint density at radius 1 is 0.917 bits per heavy atom. The van der Waals surface area contributed by atoms with Crippen LogP contribution in [0.5, 0.6) is 5.75 Å². The third-order valence-electron chi connectivity index (χ3n) is 2.86. The van der Waals surface area contributed by atoms with Gasteiger partial charge in [-0.3, -0.25) is 5.43 Å². The van der Waals surface area contributed by atoms with Crippen LogP contribution in [0.3, 0.4) is 0 Å². The Morgan fingerprint density at radius 2 is 1.46 bits per heavy atom. The molecule has 2 rings (SSSR count). The second-order valence-corrected chi connectivity index (χ2v) is 4.43. The molecule has 3 nitrogen and oxygen atoms in total. The summed E-state index contributed by atoms with van der Waals surface area (Å²) in [6, 6.07) is 5.57. The first-order chi connectivity index (χ1) is 11.1. The van der Waals surface area contributed by atoms with Gasteiger partial charge in [-0.2, -0.15) is 18.3 Å². The first kappa shape index (κ1) is 17.6. The van der Waals surface area contributed by atoms with Crippen molar-refractivity contribution in [3.63, 3.8) is 0 Å². The van der Waals surface area contributed by atoms with Crippen molar-refractivity contribution < 1.29 is 35.8 Å². The van der Waals surface area contributed by atoms with E-state index in [1.807, 2.05) is 0 Å². The van der Waals surface area contributed by atoms with Crippen LogP contribution in [-0.2, 0) is 6.18 Å². The standard InChI is InChI=1S/C14H7F7N2O/c15-9-8(14(19,20)21)10(16)12(18)13(11(9)17)23-22-5-6-3-1-2-4-7(6)24/h1-5,23-24H/b22-5-. The Kier molecular flexibility index (Phi) is 4.67. The molecule has 0 unspecified atom stereocenters. The second-order valence-electron chi connectivity index (χ2n) is 4.43. The van der Waals surface area contributed by atoms with Gasteiger partial charge in [0.1, 0.15) is 17.0 Å². The van der Waals surface area contributed by atoms with E-state index < -0.39 is 40.7 Å². The number of aromatic hydroxyl groups is 1. The molecule has 0 saturated heterocycles. The van der Waals surface area contributed by atoms with Crippen molar-refractivity contribution in [3.05, 3.63) is 58.7 Å². The summed E-state index contributed by atoms with van der Waals surface area (Å²) >= 11 is 0. The van der Waals surface area contributed by atoms with Crippen LogP contribution in [-0.4, -0.2) is 11.3 Å². The number of hydrogen-bond donors (Lipinski definition) is 2. The van der Waals surface area contributed by atoms with Gasteiger partial charge in [-0.25, -0.2) is 17.6 Å². The quantitative estimate of drug-likeness (QED) is 0.372. The van der Waals surface area contributed by atoms with Gasteiger partial charge in [0.15, 0.2) is 23.3 Å². The molecule has 0 aliphatic heterocycles. The van der Waals surface area contributed by atoms with Crippen molar-refractivity contribution in [2.45, 2.75) is 6.18 Å². The molecule has 2 aromatic rings. The van der Waals surface area contributed by atoms with Crippen LogP contribution in [0.2, 0.25) is 0 Å². The summed E-state index contributed by atoms with van der Waals surface area (Å²) in [7, 11) is 0. The topological polar surface area (TPSA) is 44.6 Å². The van der Waals surface area contributed by atoms with Crippen LogP contribution in [0.1, 0.15) is 11.1 Å². The van der Waals surface area contributed by atoms with Crippen LogP contribution < -0.4 is 5.43 Å². The van der Waals surface area contributed by atoms with Crippen molar-refractivity contribution in [2.75, 3.05) is 5.43 Å². The molecular weight excluding hydrogens is 345 g/mol. The molecule has 0 atom stereocenters. The Hall–Kier alpha value is -2.78. The zero-order chi connectivity index (χ0) is 18.1. The van der Waals surface area contributed by atoms with Crippen LogP contribution in [0, 0.1) is 23.3 Å². The van der Waals surface area contributed by atoms with E-state index in [0.717, 1.165) is 6.21 Å². The lowest BCUT2D eigenvalue weighted by Crippen LogP contribution is -2.16. The zero-order valence-electron chi connectivity index (χ0n) is 11.4. The lowest BCUT2D eigenvalue weighted by atomic mass is 10.1. The SMILES string of the molecule is Oc1ccccc1/C=N\Nc1c(F)c(F)c(C(F)(F)F)c(F)c1F. The minimum Gasteiger partial charge on any atom is -0.507 e. The molecule has 2 aromatic carbocycles. The molecular formula is C14H7F7N2O. The molecule has 128 valence electrons. The average Bonchev–Trinajstić information content (AvgIpc) is 2.49. The molecule has 0 heterocycles. The maximum absolute atomic E-state index is 13.6. The second kappa shape index (κ2) is 6.38. The van der Waals surface area contributed by atoms with E-state index in [1.54, 1.807) is 5.43 Å². The third kappa shape index (κ3) is 3.26. The number of halogens is 7. The van der Waals surface area contributed by atoms with E-state index >= 15 is 0 Å². The molecule has 0 fully saturated rings. The van der Waals surface area contributed by atoms with Crippen molar-refractivity contribution in [1.82, 2.24) is 0 Å². The minimum absolute atomic E-state index is 0.0821. The van der Waals surface area contributed by atoms with Gasteiger partial charge in [-0.05, 0) is 12.1 Å². The molecule has 24 heavy (non-hydrogen) atoms. The fourth-order valence-corrected chi connectivity index (χ4v) is 1.74. The molecule has 0 aliphatic rings. The highest BCUT2D eigenvalue weighted by Gasteiger charge is 2.42. The monoisotopic (exact) mass is 352 g/mol. The number of benzene rings is 2.